The number of carbonyl (C=O) groups is 1. The second-order valence-electron chi connectivity index (χ2n) is 4.85. The molecule has 19 heavy (non-hydrogen) atoms. The third-order valence-electron chi connectivity index (χ3n) is 3.41. The Bertz CT molecular complexity index is 489. The van der Waals surface area contributed by atoms with Crippen LogP contribution in [0.3, 0.4) is 0 Å². The Morgan fingerprint density at radius 2 is 2.21 bits per heavy atom. The summed E-state index contributed by atoms with van der Waals surface area (Å²) in [6.07, 6.45) is 1.57. The van der Waals surface area contributed by atoms with Gasteiger partial charge in [-0.05, 0) is 12.0 Å². The molecule has 2 aliphatic heterocycles. The monoisotopic (exact) mass is 275 g/mol. The van der Waals surface area contributed by atoms with Crippen molar-refractivity contribution >= 4 is 22.8 Å². The summed E-state index contributed by atoms with van der Waals surface area (Å²) >= 11 is 1.77. The van der Waals surface area contributed by atoms with Crippen molar-refractivity contribution in [2.45, 2.75) is 24.1 Å². The zero-order chi connectivity index (χ0) is 13.1. The fourth-order valence-corrected chi connectivity index (χ4v) is 3.38. The van der Waals surface area contributed by atoms with Crippen LogP contribution in [0, 0.1) is 0 Å². The van der Waals surface area contributed by atoms with Crippen LogP contribution >= 0.6 is 11.8 Å². The number of benzene rings is 1. The maximum atomic E-state index is 11.1. The molecule has 2 heterocycles. The maximum Gasteiger partial charge on any atom is 0.220 e. The number of amides is 1. The zero-order valence-electron chi connectivity index (χ0n) is 10.6. The van der Waals surface area contributed by atoms with E-state index in [-0.39, 0.29) is 11.9 Å². The molecule has 4 nitrogen and oxygen atoms in total. The maximum absolute atomic E-state index is 11.1. The SMILES string of the molecule is O=C1CCC(CNC2=NCC(c3ccccc3)S2)N1. The van der Waals surface area contributed by atoms with Crippen molar-refractivity contribution in [1.82, 2.24) is 10.6 Å². The molecule has 1 aromatic rings. The van der Waals surface area contributed by atoms with Gasteiger partial charge in [0.15, 0.2) is 5.17 Å². The van der Waals surface area contributed by atoms with E-state index in [0.717, 1.165) is 24.7 Å². The molecule has 1 saturated heterocycles. The molecule has 2 aliphatic rings. The topological polar surface area (TPSA) is 53.5 Å². The average molecular weight is 275 g/mol. The molecule has 1 aromatic carbocycles. The molecule has 3 rings (SSSR count). The van der Waals surface area contributed by atoms with Crippen molar-refractivity contribution in [3.8, 4) is 0 Å². The molecular formula is C14H17N3OS. The van der Waals surface area contributed by atoms with E-state index >= 15 is 0 Å². The van der Waals surface area contributed by atoms with Crippen molar-refractivity contribution < 1.29 is 4.79 Å². The van der Waals surface area contributed by atoms with E-state index in [1.165, 1.54) is 5.56 Å². The summed E-state index contributed by atoms with van der Waals surface area (Å²) in [6.45, 7) is 1.60. The van der Waals surface area contributed by atoms with Crippen molar-refractivity contribution in [2.24, 2.45) is 4.99 Å². The largest absolute Gasteiger partial charge is 0.363 e. The number of rotatable bonds is 3. The molecule has 1 fully saturated rings. The van der Waals surface area contributed by atoms with Gasteiger partial charge < -0.3 is 10.6 Å². The average Bonchev–Trinajstić information content (AvgIpc) is 3.06. The molecule has 0 aliphatic carbocycles. The summed E-state index contributed by atoms with van der Waals surface area (Å²) in [5, 5.41) is 7.71. The molecule has 0 radical (unpaired) electrons. The van der Waals surface area contributed by atoms with Gasteiger partial charge in [0.2, 0.25) is 5.91 Å². The predicted octanol–water partition coefficient (Wildman–Crippen LogP) is 1.70. The van der Waals surface area contributed by atoms with Crippen LogP contribution in [0.4, 0.5) is 0 Å². The van der Waals surface area contributed by atoms with E-state index in [4.69, 9.17) is 0 Å². The first-order valence-electron chi connectivity index (χ1n) is 6.60. The number of carbonyl (C=O) groups excluding carboxylic acids is 1. The summed E-state index contributed by atoms with van der Waals surface area (Å²) in [6, 6.07) is 10.7. The summed E-state index contributed by atoms with van der Waals surface area (Å²) in [5.74, 6) is 0.162. The Morgan fingerprint density at radius 1 is 1.37 bits per heavy atom. The van der Waals surface area contributed by atoms with Crippen LogP contribution in [0.5, 0.6) is 0 Å². The third kappa shape index (κ3) is 3.10. The van der Waals surface area contributed by atoms with Gasteiger partial charge >= 0.3 is 0 Å². The third-order valence-corrected chi connectivity index (χ3v) is 4.61. The van der Waals surface area contributed by atoms with Gasteiger partial charge in [-0.1, -0.05) is 42.1 Å². The highest BCUT2D eigenvalue weighted by Gasteiger charge is 2.24. The molecule has 0 aromatic heterocycles. The van der Waals surface area contributed by atoms with E-state index in [2.05, 4.69) is 39.9 Å². The van der Waals surface area contributed by atoms with Crippen LogP contribution in [0.15, 0.2) is 35.3 Å². The highest BCUT2D eigenvalue weighted by Crippen LogP contribution is 2.34. The molecule has 5 heteroatoms. The second-order valence-corrected chi connectivity index (χ2v) is 6.04. The first-order chi connectivity index (χ1) is 9.31. The summed E-state index contributed by atoms with van der Waals surface area (Å²) < 4.78 is 0. The Balaban J connectivity index is 1.48. The van der Waals surface area contributed by atoms with E-state index < -0.39 is 0 Å². The standard InChI is InChI=1S/C14H17N3OS/c18-13-7-6-11(17-13)8-15-14-16-9-12(19-14)10-4-2-1-3-5-10/h1-5,11-12H,6-9H2,(H,15,16)(H,17,18). The quantitative estimate of drug-likeness (QED) is 0.883. The van der Waals surface area contributed by atoms with Crippen LogP contribution < -0.4 is 10.6 Å². The first-order valence-corrected chi connectivity index (χ1v) is 7.48. The Hall–Kier alpha value is -1.49. The molecule has 0 saturated carbocycles. The molecule has 100 valence electrons. The summed E-state index contributed by atoms with van der Waals surface area (Å²) in [7, 11) is 0. The smallest absolute Gasteiger partial charge is 0.220 e. The van der Waals surface area contributed by atoms with Gasteiger partial charge in [0.05, 0.1) is 11.8 Å². The lowest BCUT2D eigenvalue weighted by molar-refractivity contribution is -0.119. The van der Waals surface area contributed by atoms with Gasteiger partial charge in [-0.3, -0.25) is 9.79 Å². The Kier molecular flexibility index (Phi) is 3.73. The number of hydrogen-bond acceptors (Lipinski definition) is 4. The molecule has 0 spiro atoms. The Morgan fingerprint density at radius 3 is 2.95 bits per heavy atom. The lowest BCUT2D eigenvalue weighted by Crippen LogP contribution is -2.37. The molecule has 1 amide bonds. The summed E-state index contributed by atoms with van der Waals surface area (Å²) in [4.78, 5) is 15.6. The minimum absolute atomic E-state index is 0.162. The number of nitrogens with zero attached hydrogens (tertiary/aromatic N) is 1. The van der Waals surface area contributed by atoms with Crippen LogP contribution in [0.1, 0.15) is 23.7 Å². The highest BCUT2D eigenvalue weighted by molar-refractivity contribution is 8.14. The van der Waals surface area contributed by atoms with Gasteiger partial charge in [0.25, 0.3) is 0 Å². The van der Waals surface area contributed by atoms with Crippen LogP contribution in [0.2, 0.25) is 0 Å². The molecule has 2 atom stereocenters. The van der Waals surface area contributed by atoms with Crippen LogP contribution in [-0.2, 0) is 4.79 Å². The van der Waals surface area contributed by atoms with E-state index in [0.29, 0.717) is 11.7 Å². The number of amidine groups is 1. The minimum atomic E-state index is 0.162. The fraction of sp³-hybridized carbons (Fsp3) is 0.429. The highest BCUT2D eigenvalue weighted by atomic mass is 32.2. The van der Waals surface area contributed by atoms with Gasteiger partial charge in [0.1, 0.15) is 0 Å². The van der Waals surface area contributed by atoms with Crippen molar-refractivity contribution in [1.29, 1.82) is 0 Å². The van der Waals surface area contributed by atoms with Gasteiger partial charge in [-0.15, -0.1) is 0 Å². The van der Waals surface area contributed by atoms with Crippen molar-refractivity contribution in [2.75, 3.05) is 13.1 Å². The molecule has 2 unspecified atom stereocenters. The van der Waals surface area contributed by atoms with E-state index in [1.807, 2.05) is 6.07 Å². The number of hydrogen-bond donors (Lipinski definition) is 2. The predicted molar refractivity (Wildman–Crippen MR) is 78.2 cm³/mol. The molecular weight excluding hydrogens is 258 g/mol. The first kappa shape index (κ1) is 12.5. The number of thioether (sulfide) groups is 1. The lowest BCUT2D eigenvalue weighted by atomic mass is 10.1. The fourth-order valence-electron chi connectivity index (χ4n) is 2.35. The van der Waals surface area contributed by atoms with Crippen LogP contribution in [0.25, 0.3) is 0 Å². The summed E-state index contributed by atoms with van der Waals surface area (Å²) in [5.41, 5.74) is 1.32. The number of nitrogens with one attached hydrogen (secondary N) is 2. The van der Waals surface area contributed by atoms with Gasteiger partial charge in [-0.25, -0.2) is 0 Å². The molecule has 0 bridgehead atoms. The van der Waals surface area contributed by atoms with E-state index in [1.54, 1.807) is 11.8 Å². The van der Waals surface area contributed by atoms with E-state index in [9.17, 15) is 4.79 Å². The molecule has 2 N–H and O–H groups in total. The van der Waals surface area contributed by atoms with Gasteiger partial charge in [0, 0.05) is 19.0 Å². The van der Waals surface area contributed by atoms with Gasteiger partial charge in [-0.2, -0.15) is 0 Å². The number of aliphatic imine (C=N–C) groups is 1. The normalized spacial score (nSPS) is 26.1. The minimum Gasteiger partial charge on any atom is -0.363 e. The van der Waals surface area contributed by atoms with Crippen molar-refractivity contribution in [3.63, 3.8) is 0 Å². The van der Waals surface area contributed by atoms with Crippen LogP contribution in [-0.4, -0.2) is 30.2 Å². The second kappa shape index (κ2) is 5.65. The van der Waals surface area contributed by atoms with Crippen molar-refractivity contribution in [3.05, 3.63) is 35.9 Å². The lowest BCUT2D eigenvalue weighted by Gasteiger charge is -2.12. The zero-order valence-corrected chi connectivity index (χ0v) is 11.5. The Labute approximate surface area is 117 Å².